The Morgan fingerprint density at radius 3 is 2.79 bits per heavy atom. The van der Waals surface area contributed by atoms with Crippen molar-refractivity contribution in [3.8, 4) is 0 Å². The standard InChI is InChI=1S/C10H16N2OS/c11-6-10(9-5-12-7-14-9)3-1-8(13)2-4-10/h5,7-8,13H,1-4,6,11H2. The molecule has 1 fully saturated rings. The van der Waals surface area contributed by atoms with E-state index in [1.54, 1.807) is 11.3 Å². The van der Waals surface area contributed by atoms with E-state index in [0.717, 1.165) is 25.7 Å². The minimum atomic E-state index is -0.123. The lowest BCUT2D eigenvalue weighted by molar-refractivity contribution is 0.0984. The predicted molar refractivity (Wildman–Crippen MR) is 57.3 cm³/mol. The number of rotatable bonds is 2. The van der Waals surface area contributed by atoms with Gasteiger partial charge in [0.25, 0.3) is 0 Å². The summed E-state index contributed by atoms with van der Waals surface area (Å²) >= 11 is 1.68. The zero-order chi connectivity index (χ0) is 10.0. The highest BCUT2D eigenvalue weighted by molar-refractivity contribution is 7.09. The van der Waals surface area contributed by atoms with Gasteiger partial charge >= 0.3 is 0 Å². The number of aliphatic hydroxyl groups excluding tert-OH is 1. The van der Waals surface area contributed by atoms with Crippen LogP contribution in [0.15, 0.2) is 11.7 Å². The maximum absolute atomic E-state index is 9.48. The van der Waals surface area contributed by atoms with Crippen LogP contribution in [0.3, 0.4) is 0 Å². The van der Waals surface area contributed by atoms with Gasteiger partial charge in [-0.1, -0.05) is 0 Å². The van der Waals surface area contributed by atoms with Gasteiger partial charge in [-0.2, -0.15) is 0 Å². The Bertz CT molecular complexity index is 278. The topological polar surface area (TPSA) is 59.1 Å². The summed E-state index contributed by atoms with van der Waals surface area (Å²) in [4.78, 5) is 5.39. The molecule has 1 heterocycles. The Morgan fingerprint density at radius 2 is 2.29 bits per heavy atom. The van der Waals surface area contributed by atoms with Gasteiger partial charge in [-0.3, -0.25) is 4.98 Å². The Morgan fingerprint density at radius 1 is 1.57 bits per heavy atom. The van der Waals surface area contributed by atoms with Crippen molar-refractivity contribution in [2.75, 3.05) is 6.54 Å². The molecule has 0 aliphatic heterocycles. The number of thiazole rings is 1. The van der Waals surface area contributed by atoms with Gasteiger partial charge in [0.05, 0.1) is 11.6 Å². The van der Waals surface area contributed by atoms with Crippen molar-refractivity contribution in [2.24, 2.45) is 5.73 Å². The van der Waals surface area contributed by atoms with Crippen molar-refractivity contribution < 1.29 is 5.11 Å². The molecule has 3 N–H and O–H groups in total. The van der Waals surface area contributed by atoms with E-state index in [1.165, 1.54) is 4.88 Å². The molecule has 3 nitrogen and oxygen atoms in total. The lowest BCUT2D eigenvalue weighted by Gasteiger charge is -2.36. The van der Waals surface area contributed by atoms with E-state index in [0.29, 0.717) is 6.54 Å². The lowest BCUT2D eigenvalue weighted by atomic mass is 9.72. The fraction of sp³-hybridized carbons (Fsp3) is 0.700. The summed E-state index contributed by atoms with van der Waals surface area (Å²) in [7, 11) is 0. The molecule has 0 amide bonds. The van der Waals surface area contributed by atoms with E-state index < -0.39 is 0 Å². The number of aliphatic hydroxyl groups is 1. The largest absolute Gasteiger partial charge is 0.393 e. The monoisotopic (exact) mass is 212 g/mol. The first-order chi connectivity index (χ1) is 6.77. The second-order valence-corrected chi connectivity index (χ2v) is 4.97. The van der Waals surface area contributed by atoms with Gasteiger partial charge in [0.2, 0.25) is 0 Å². The summed E-state index contributed by atoms with van der Waals surface area (Å²) in [5.41, 5.74) is 7.83. The van der Waals surface area contributed by atoms with Crippen LogP contribution < -0.4 is 5.73 Å². The van der Waals surface area contributed by atoms with Gasteiger partial charge in [0, 0.05) is 23.0 Å². The van der Waals surface area contributed by atoms with Crippen molar-refractivity contribution in [1.82, 2.24) is 4.98 Å². The molecule has 4 heteroatoms. The van der Waals surface area contributed by atoms with E-state index in [4.69, 9.17) is 5.73 Å². The molecular formula is C10H16N2OS. The molecule has 0 spiro atoms. The zero-order valence-electron chi connectivity index (χ0n) is 8.15. The lowest BCUT2D eigenvalue weighted by Crippen LogP contribution is -2.39. The summed E-state index contributed by atoms with van der Waals surface area (Å²) in [6.07, 6.45) is 5.53. The minimum Gasteiger partial charge on any atom is -0.393 e. The molecule has 0 saturated heterocycles. The number of hydrogen-bond donors (Lipinski definition) is 2. The van der Waals surface area contributed by atoms with E-state index in [-0.39, 0.29) is 11.5 Å². The molecule has 1 saturated carbocycles. The SMILES string of the molecule is NCC1(c2cncs2)CCC(O)CC1. The number of nitrogens with zero attached hydrogens (tertiary/aromatic N) is 1. The Kier molecular flexibility index (Phi) is 2.85. The quantitative estimate of drug-likeness (QED) is 0.776. The van der Waals surface area contributed by atoms with Crippen LogP contribution >= 0.6 is 11.3 Å². The first-order valence-electron chi connectivity index (χ1n) is 5.04. The van der Waals surface area contributed by atoms with Crippen LogP contribution in [-0.4, -0.2) is 22.7 Å². The Balaban J connectivity index is 2.19. The molecule has 2 rings (SSSR count). The molecule has 14 heavy (non-hydrogen) atoms. The Hall–Kier alpha value is -0.450. The first-order valence-corrected chi connectivity index (χ1v) is 5.92. The van der Waals surface area contributed by atoms with Crippen molar-refractivity contribution in [1.29, 1.82) is 0 Å². The summed E-state index contributed by atoms with van der Waals surface area (Å²) in [6.45, 7) is 0.669. The second kappa shape index (κ2) is 3.96. The zero-order valence-corrected chi connectivity index (χ0v) is 8.96. The van der Waals surface area contributed by atoms with Crippen LogP contribution in [0.2, 0.25) is 0 Å². The molecule has 0 radical (unpaired) electrons. The van der Waals surface area contributed by atoms with Crippen LogP contribution in [0, 0.1) is 0 Å². The van der Waals surface area contributed by atoms with Gasteiger partial charge in [-0.15, -0.1) is 11.3 Å². The highest BCUT2D eigenvalue weighted by Gasteiger charge is 2.36. The van der Waals surface area contributed by atoms with Crippen LogP contribution in [0.25, 0.3) is 0 Å². The maximum atomic E-state index is 9.48. The molecule has 1 aliphatic carbocycles. The predicted octanol–water partition coefficient (Wildman–Crippen LogP) is 1.27. The van der Waals surface area contributed by atoms with Crippen LogP contribution in [-0.2, 0) is 5.41 Å². The van der Waals surface area contributed by atoms with Gasteiger partial charge in [-0.25, -0.2) is 0 Å². The van der Waals surface area contributed by atoms with Crippen molar-refractivity contribution >= 4 is 11.3 Å². The molecule has 1 aromatic heterocycles. The van der Waals surface area contributed by atoms with E-state index in [2.05, 4.69) is 4.98 Å². The molecule has 1 aromatic rings. The average molecular weight is 212 g/mol. The smallest absolute Gasteiger partial charge is 0.0794 e. The minimum absolute atomic E-state index is 0.0976. The first kappa shape index (κ1) is 10.1. The van der Waals surface area contributed by atoms with Gasteiger partial charge in [-0.05, 0) is 25.7 Å². The number of aromatic nitrogens is 1. The van der Waals surface area contributed by atoms with Crippen molar-refractivity contribution in [3.63, 3.8) is 0 Å². The van der Waals surface area contributed by atoms with Crippen molar-refractivity contribution in [3.05, 3.63) is 16.6 Å². The van der Waals surface area contributed by atoms with Gasteiger partial charge < -0.3 is 10.8 Å². The average Bonchev–Trinajstić information content (AvgIpc) is 2.73. The van der Waals surface area contributed by atoms with E-state index in [1.807, 2.05) is 11.7 Å². The maximum Gasteiger partial charge on any atom is 0.0794 e. The highest BCUT2D eigenvalue weighted by atomic mass is 32.1. The van der Waals surface area contributed by atoms with Crippen LogP contribution in [0.5, 0.6) is 0 Å². The highest BCUT2D eigenvalue weighted by Crippen LogP contribution is 2.40. The van der Waals surface area contributed by atoms with Gasteiger partial charge in [0.15, 0.2) is 0 Å². The van der Waals surface area contributed by atoms with Crippen molar-refractivity contribution in [2.45, 2.75) is 37.2 Å². The molecule has 0 unspecified atom stereocenters. The summed E-state index contributed by atoms with van der Waals surface area (Å²) in [5.74, 6) is 0. The van der Waals surface area contributed by atoms with E-state index in [9.17, 15) is 5.11 Å². The normalized spacial score (nSPS) is 33.1. The van der Waals surface area contributed by atoms with E-state index >= 15 is 0 Å². The molecule has 0 bridgehead atoms. The molecular weight excluding hydrogens is 196 g/mol. The second-order valence-electron chi connectivity index (χ2n) is 4.08. The Labute approximate surface area is 88.0 Å². The third kappa shape index (κ3) is 1.69. The van der Waals surface area contributed by atoms with Gasteiger partial charge in [0.1, 0.15) is 0 Å². The molecule has 78 valence electrons. The van der Waals surface area contributed by atoms with Crippen LogP contribution in [0.4, 0.5) is 0 Å². The third-order valence-electron chi connectivity index (χ3n) is 3.26. The molecule has 1 aliphatic rings. The van der Waals surface area contributed by atoms with Crippen LogP contribution in [0.1, 0.15) is 30.6 Å². The fourth-order valence-electron chi connectivity index (χ4n) is 2.18. The number of hydrogen-bond acceptors (Lipinski definition) is 4. The molecule has 0 atom stereocenters. The number of nitrogens with two attached hydrogens (primary N) is 1. The summed E-state index contributed by atoms with van der Waals surface area (Å²) in [5, 5.41) is 9.48. The summed E-state index contributed by atoms with van der Waals surface area (Å²) in [6, 6.07) is 0. The third-order valence-corrected chi connectivity index (χ3v) is 4.28. The fourth-order valence-corrected chi connectivity index (χ4v) is 3.08. The molecule has 0 aromatic carbocycles. The summed E-state index contributed by atoms with van der Waals surface area (Å²) < 4.78 is 0.